The molecule has 0 saturated carbocycles. The number of nitrogens with zero attached hydrogens (tertiary/aromatic N) is 1. The van der Waals surface area contributed by atoms with Crippen molar-refractivity contribution in [2.24, 2.45) is 16.3 Å². The Bertz CT molecular complexity index is 381. The summed E-state index contributed by atoms with van der Waals surface area (Å²) < 4.78 is 0. The molecule has 0 amide bonds. The molecule has 1 unspecified atom stereocenters. The summed E-state index contributed by atoms with van der Waals surface area (Å²) in [6.45, 7) is 4.91. The number of nitrogens with one attached hydrogen (secondary N) is 1. The first-order chi connectivity index (χ1) is 7.63. The summed E-state index contributed by atoms with van der Waals surface area (Å²) in [5, 5.41) is 4.42. The van der Waals surface area contributed by atoms with Crippen LogP contribution in [0.5, 0.6) is 0 Å². The largest absolute Gasteiger partial charge is 0.330 e. The van der Waals surface area contributed by atoms with Gasteiger partial charge in [0.25, 0.3) is 0 Å². The molecule has 1 aromatic carbocycles. The van der Waals surface area contributed by atoms with E-state index in [-0.39, 0.29) is 5.41 Å². The van der Waals surface area contributed by atoms with E-state index in [1.165, 1.54) is 11.3 Å². The molecule has 1 aromatic rings. The third-order valence-electron chi connectivity index (χ3n) is 3.25. The van der Waals surface area contributed by atoms with Gasteiger partial charge in [-0.1, -0.05) is 44.2 Å². The van der Waals surface area contributed by atoms with Crippen molar-refractivity contribution >= 4 is 5.71 Å². The predicted octanol–water partition coefficient (Wildman–Crippen LogP) is 2.06. The molecule has 3 N–H and O–H groups in total. The summed E-state index contributed by atoms with van der Waals surface area (Å²) in [6.07, 6.45) is 0.953. The second-order valence-corrected chi connectivity index (χ2v) is 4.94. The lowest BCUT2D eigenvalue weighted by Crippen LogP contribution is -2.31. The highest BCUT2D eigenvalue weighted by atomic mass is 15.3. The monoisotopic (exact) mass is 217 g/mol. The van der Waals surface area contributed by atoms with Crippen LogP contribution in [0.4, 0.5) is 0 Å². The molecule has 0 radical (unpaired) electrons. The van der Waals surface area contributed by atoms with Gasteiger partial charge < -0.3 is 11.2 Å². The quantitative estimate of drug-likeness (QED) is 0.814. The summed E-state index contributed by atoms with van der Waals surface area (Å²) in [7, 11) is 0. The van der Waals surface area contributed by atoms with E-state index in [4.69, 9.17) is 5.73 Å². The maximum absolute atomic E-state index is 5.76. The molecule has 1 heterocycles. The highest BCUT2D eigenvalue weighted by Gasteiger charge is 2.30. The van der Waals surface area contributed by atoms with Crippen LogP contribution in [0.3, 0.4) is 0 Å². The van der Waals surface area contributed by atoms with Crippen LogP contribution >= 0.6 is 0 Å². The van der Waals surface area contributed by atoms with E-state index in [1.54, 1.807) is 0 Å². The van der Waals surface area contributed by atoms with Gasteiger partial charge >= 0.3 is 0 Å². The lowest BCUT2D eigenvalue weighted by molar-refractivity contribution is 0.528. The Balaban J connectivity index is 2.08. The number of rotatable bonds is 3. The maximum Gasteiger partial charge on any atom is 0.0742 e. The molecule has 1 aliphatic heterocycles. The zero-order chi connectivity index (χ0) is 11.6. The van der Waals surface area contributed by atoms with Crippen molar-refractivity contribution in [2.75, 3.05) is 6.54 Å². The Hall–Kier alpha value is -1.35. The molecule has 16 heavy (non-hydrogen) atoms. The Labute approximate surface area is 96.7 Å². The maximum atomic E-state index is 5.76. The SMILES string of the molecule is CC(C)(CN)C1=NNC(c2ccccc2)C1. The average molecular weight is 217 g/mol. The van der Waals surface area contributed by atoms with Gasteiger partial charge in [0.2, 0.25) is 0 Å². The summed E-state index contributed by atoms with van der Waals surface area (Å²) in [5.74, 6) is 0. The molecule has 86 valence electrons. The zero-order valence-corrected chi connectivity index (χ0v) is 9.90. The highest BCUT2D eigenvalue weighted by molar-refractivity contribution is 5.91. The van der Waals surface area contributed by atoms with Gasteiger partial charge in [-0.15, -0.1) is 0 Å². The first-order valence-electron chi connectivity index (χ1n) is 5.71. The number of hydrazone groups is 1. The zero-order valence-electron chi connectivity index (χ0n) is 9.90. The first-order valence-corrected chi connectivity index (χ1v) is 5.71. The van der Waals surface area contributed by atoms with Gasteiger partial charge in [-0.25, -0.2) is 0 Å². The summed E-state index contributed by atoms with van der Waals surface area (Å²) in [5.41, 5.74) is 11.4. The van der Waals surface area contributed by atoms with E-state index in [9.17, 15) is 0 Å². The smallest absolute Gasteiger partial charge is 0.0742 e. The van der Waals surface area contributed by atoms with Crippen LogP contribution < -0.4 is 11.2 Å². The molecule has 0 bridgehead atoms. The van der Waals surface area contributed by atoms with Crippen molar-refractivity contribution in [2.45, 2.75) is 26.3 Å². The molecule has 0 fully saturated rings. The fourth-order valence-electron chi connectivity index (χ4n) is 1.86. The van der Waals surface area contributed by atoms with Gasteiger partial charge in [-0.2, -0.15) is 5.10 Å². The molecule has 0 aromatic heterocycles. The van der Waals surface area contributed by atoms with Crippen LogP contribution in [-0.4, -0.2) is 12.3 Å². The van der Waals surface area contributed by atoms with Crippen LogP contribution in [0, 0.1) is 5.41 Å². The van der Waals surface area contributed by atoms with Crippen LogP contribution in [0.25, 0.3) is 0 Å². The fourth-order valence-corrected chi connectivity index (χ4v) is 1.86. The highest BCUT2D eigenvalue weighted by Crippen LogP contribution is 2.29. The third kappa shape index (κ3) is 2.09. The Morgan fingerprint density at radius 3 is 2.69 bits per heavy atom. The molecule has 1 atom stereocenters. The molecule has 3 heteroatoms. The fraction of sp³-hybridized carbons (Fsp3) is 0.462. The molecular weight excluding hydrogens is 198 g/mol. The van der Waals surface area contributed by atoms with E-state index < -0.39 is 0 Å². The van der Waals surface area contributed by atoms with Crippen molar-refractivity contribution < 1.29 is 0 Å². The molecule has 0 saturated heterocycles. The number of nitrogens with two attached hydrogens (primary N) is 1. The average Bonchev–Trinajstić information content (AvgIpc) is 2.80. The number of hydrogen-bond donors (Lipinski definition) is 2. The van der Waals surface area contributed by atoms with Crippen molar-refractivity contribution in [1.29, 1.82) is 0 Å². The summed E-state index contributed by atoms with van der Waals surface area (Å²) >= 11 is 0. The van der Waals surface area contributed by atoms with E-state index in [0.717, 1.165) is 6.42 Å². The van der Waals surface area contributed by atoms with Gasteiger partial charge in [0.1, 0.15) is 0 Å². The minimum Gasteiger partial charge on any atom is -0.330 e. The van der Waals surface area contributed by atoms with Gasteiger partial charge in [0.15, 0.2) is 0 Å². The van der Waals surface area contributed by atoms with Crippen LogP contribution in [-0.2, 0) is 0 Å². The lowest BCUT2D eigenvalue weighted by atomic mass is 9.84. The molecule has 1 aliphatic rings. The molecule has 2 rings (SSSR count). The van der Waals surface area contributed by atoms with E-state index in [2.05, 4.69) is 48.6 Å². The Morgan fingerprint density at radius 1 is 1.38 bits per heavy atom. The molecule has 0 aliphatic carbocycles. The minimum atomic E-state index is -0.00344. The van der Waals surface area contributed by atoms with Gasteiger partial charge in [0, 0.05) is 24.1 Å². The number of hydrogen-bond acceptors (Lipinski definition) is 3. The van der Waals surface area contributed by atoms with Crippen LogP contribution in [0.15, 0.2) is 35.4 Å². The normalized spacial score (nSPS) is 20.4. The second kappa shape index (κ2) is 4.26. The Morgan fingerprint density at radius 2 is 2.06 bits per heavy atom. The summed E-state index contributed by atoms with van der Waals surface area (Å²) in [4.78, 5) is 0. The molecule has 3 nitrogen and oxygen atoms in total. The van der Waals surface area contributed by atoms with Crippen molar-refractivity contribution in [1.82, 2.24) is 5.43 Å². The first kappa shape index (κ1) is 11.1. The van der Waals surface area contributed by atoms with Crippen LogP contribution in [0.2, 0.25) is 0 Å². The van der Waals surface area contributed by atoms with Gasteiger partial charge in [-0.3, -0.25) is 0 Å². The Kier molecular flexibility index (Phi) is 2.97. The predicted molar refractivity (Wildman–Crippen MR) is 67.2 cm³/mol. The lowest BCUT2D eigenvalue weighted by Gasteiger charge is -2.22. The second-order valence-electron chi connectivity index (χ2n) is 4.94. The minimum absolute atomic E-state index is 0.00344. The van der Waals surface area contributed by atoms with Crippen molar-refractivity contribution in [3.8, 4) is 0 Å². The van der Waals surface area contributed by atoms with Crippen molar-refractivity contribution in [3.63, 3.8) is 0 Å². The van der Waals surface area contributed by atoms with Gasteiger partial charge in [-0.05, 0) is 5.56 Å². The summed E-state index contributed by atoms with van der Waals surface area (Å²) in [6, 6.07) is 10.7. The third-order valence-corrected chi connectivity index (χ3v) is 3.25. The van der Waals surface area contributed by atoms with Crippen molar-refractivity contribution in [3.05, 3.63) is 35.9 Å². The van der Waals surface area contributed by atoms with Gasteiger partial charge in [0.05, 0.1) is 6.04 Å². The van der Waals surface area contributed by atoms with E-state index in [0.29, 0.717) is 12.6 Å². The molecular formula is C13H19N3. The van der Waals surface area contributed by atoms with E-state index in [1.807, 2.05) is 6.07 Å². The number of benzene rings is 1. The topological polar surface area (TPSA) is 50.4 Å². The van der Waals surface area contributed by atoms with Crippen LogP contribution in [0.1, 0.15) is 31.9 Å². The standard InChI is InChI=1S/C13H19N3/c1-13(2,9-14)12-8-11(15-16-12)10-6-4-3-5-7-10/h3-7,11,15H,8-9,14H2,1-2H3. The van der Waals surface area contributed by atoms with E-state index >= 15 is 0 Å². The molecule has 0 spiro atoms.